The second-order valence-electron chi connectivity index (χ2n) is 5.56. The van der Waals surface area contributed by atoms with Crippen LogP contribution in [0.3, 0.4) is 0 Å². The summed E-state index contributed by atoms with van der Waals surface area (Å²) in [6.45, 7) is 4.30. The first-order valence-corrected chi connectivity index (χ1v) is 7.46. The molecule has 2 aromatic rings. The van der Waals surface area contributed by atoms with Crippen molar-refractivity contribution in [2.75, 3.05) is 7.11 Å². The summed E-state index contributed by atoms with van der Waals surface area (Å²) in [6, 6.07) is 15.6. The highest BCUT2D eigenvalue weighted by Gasteiger charge is 2.11. The minimum Gasteiger partial charge on any atom is -0.493 e. The van der Waals surface area contributed by atoms with Crippen molar-refractivity contribution >= 4 is 5.78 Å². The Balaban J connectivity index is 2.12. The Kier molecular flexibility index (Phi) is 5.59. The lowest BCUT2D eigenvalue weighted by atomic mass is 10.0. The van der Waals surface area contributed by atoms with Gasteiger partial charge in [0.15, 0.2) is 11.5 Å². The molecule has 0 unspecified atom stereocenters. The molecule has 0 aliphatic carbocycles. The maximum atomic E-state index is 11.9. The standard InChI is InChI=1S/C19H22O3/c1-14(2)17(20)11-16-9-10-18(21-3)19(12-16)22-13-15-7-5-4-6-8-15/h4-10,12,14H,11,13H2,1-3H3. The lowest BCUT2D eigenvalue weighted by Gasteiger charge is -2.13. The first-order valence-electron chi connectivity index (χ1n) is 7.46. The molecule has 0 spiro atoms. The van der Waals surface area contributed by atoms with Gasteiger partial charge in [-0.1, -0.05) is 50.2 Å². The van der Waals surface area contributed by atoms with E-state index in [-0.39, 0.29) is 11.7 Å². The molecular weight excluding hydrogens is 276 g/mol. The van der Waals surface area contributed by atoms with E-state index in [4.69, 9.17) is 9.47 Å². The van der Waals surface area contributed by atoms with Gasteiger partial charge in [-0.3, -0.25) is 4.79 Å². The van der Waals surface area contributed by atoms with Gasteiger partial charge in [-0.15, -0.1) is 0 Å². The Hall–Kier alpha value is -2.29. The van der Waals surface area contributed by atoms with Crippen LogP contribution in [0, 0.1) is 5.92 Å². The number of ether oxygens (including phenoxy) is 2. The van der Waals surface area contributed by atoms with E-state index in [1.807, 2.05) is 62.4 Å². The molecule has 0 aliphatic heterocycles. The van der Waals surface area contributed by atoms with Gasteiger partial charge in [0.2, 0.25) is 0 Å². The summed E-state index contributed by atoms with van der Waals surface area (Å²) in [5.41, 5.74) is 2.04. The van der Waals surface area contributed by atoms with Crippen LogP contribution in [0.15, 0.2) is 48.5 Å². The van der Waals surface area contributed by atoms with Crippen molar-refractivity contribution in [1.29, 1.82) is 0 Å². The molecule has 2 rings (SSSR count). The van der Waals surface area contributed by atoms with Crippen LogP contribution in [0.1, 0.15) is 25.0 Å². The zero-order valence-corrected chi connectivity index (χ0v) is 13.3. The molecule has 0 fully saturated rings. The van der Waals surface area contributed by atoms with E-state index in [0.29, 0.717) is 24.5 Å². The van der Waals surface area contributed by atoms with E-state index in [1.54, 1.807) is 7.11 Å². The van der Waals surface area contributed by atoms with E-state index < -0.39 is 0 Å². The summed E-state index contributed by atoms with van der Waals surface area (Å²) in [5, 5.41) is 0. The number of rotatable bonds is 7. The fourth-order valence-corrected chi connectivity index (χ4v) is 2.08. The molecule has 0 amide bonds. The Morgan fingerprint density at radius 1 is 1.00 bits per heavy atom. The van der Waals surface area contributed by atoms with Gasteiger partial charge in [-0.05, 0) is 23.3 Å². The van der Waals surface area contributed by atoms with Crippen LogP contribution in [0.4, 0.5) is 0 Å². The van der Waals surface area contributed by atoms with Crippen LogP contribution in [-0.4, -0.2) is 12.9 Å². The fourth-order valence-electron chi connectivity index (χ4n) is 2.08. The summed E-state index contributed by atoms with van der Waals surface area (Å²) >= 11 is 0. The van der Waals surface area contributed by atoms with E-state index in [2.05, 4.69) is 0 Å². The SMILES string of the molecule is COc1ccc(CC(=O)C(C)C)cc1OCc1ccccc1. The Morgan fingerprint density at radius 2 is 1.73 bits per heavy atom. The summed E-state index contributed by atoms with van der Waals surface area (Å²) < 4.78 is 11.2. The minimum atomic E-state index is 0.0378. The minimum absolute atomic E-state index is 0.0378. The second kappa shape index (κ2) is 7.64. The van der Waals surface area contributed by atoms with Crippen LogP contribution in [0.2, 0.25) is 0 Å². The van der Waals surface area contributed by atoms with Crippen LogP contribution in [0.25, 0.3) is 0 Å². The maximum absolute atomic E-state index is 11.9. The van der Waals surface area contributed by atoms with Gasteiger partial charge in [-0.25, -0.2) is 0 Å². The summed E-state index contributed by atoms with van der Waals surface area (Å²) in [5.74, 6) is 1.60. The summed E-state index contributed by atoms with van der Waals surface area (Å²) in [6.07, 6.45) is 0.420. The molecule has 116 valence electrons. The molecule has 3 heteroatoms. The smallest absolute Gasteiger partial charge is 0.161 e. The largest absolute Gasteiger partial charge is 0.493 e. The summed E-state index contributed by atoms with van der Waals surface area (Å²) in [7, 11) is 1.61. The topological polar surface area (TPSA) is 35.5 Å². The Bertz CT molecular complexity index is 618. The fraction of sp³-hybridized carbons (Fsp3) is 0.316. The first kappa shape index (κ1) is 16.1. The highest BCUT2D eigenvalue weighted by molar-refractivity contribution is 5.82. The third kappa shape index (κ3) is 4.35. The molecule has 0 saturated carbocycles. The van der Waals surface area contributed by atoms with Gasteiger partial charge >= 0.3 is 0 Å². The van der Waals surface area contributed by atoms with Gasteiger partial charge in [0.25, 0.3) is 0 Å². The molecule has 0 N–H and O–H groups in total. The molecule has 0 bridgehead atoms. The van der Waals surface area contributed by atoms with Crippen molar-refractivity contribution in [1.82, 2.24) is 0 Å². The molecule has 0 radical (unpaired) electrons. The molecule has 22 heavy (non-hydrogen) atoms. The maximum Gasteiger partial charge on any atom is 0.161 e. The third-order valence-corrected chi connectivity index (χ3v) is 3.49. The number of methoxy groups -OCH3 is 1. The van der Waals surface area contributed by atoms with E-state index >= 15 is 0 Å². The predicted octanol–water partition coefficient (Wildman–Crippen LogP) is 4.04. The van der Waals surface area contributed by atoms with Crippen LogP contribution in [-0.2, 0) is 17.8 Å². The normalized spacial score (nSPS) is 10.5. The van der Waals surface area contributed by atoms with Crippen LogP contribution >= 0.6 is 0 Å². The Labute approximate surface area is 131 Å². The molecule has 0 heterocycles. The van der Waals surface area contributed by atoms with E-state index in [9.17, 15) is 4.79 Å². The van der Waals surface area contributed by atoms with E-state index in [0.717, 1.165) is 11.1 Å². The van der Waals surface area contributed by atoms with Crippen molar-refractivity contribution in [2.45, 2.75) is 26.9 Å². The lowest BCUT2D eigenvalue weighted by molar-refractivity contribution is -0.121. The van der Waals surface area contributed by atoms with Crippen molar-refractivity contribution in [2.24, 2.45) is 5.92 Å². The monoisotopic (exact) mass is 298 g/mol. The van der Waals surface area contributed by atoms with Crippen LogP contribution < -0.4 is 9.47 Å². The quantitative estimate of drug-likeness (QED) is 0.774. The first-order chi connectivity index (χ1) is 10.6. The number of carbonyl (C=O) groups excluding carboxylic acids is 1. The number of hydrogen-bond donors (Lipinski definition) is 0. The number of carbonyl (C=O) groups is 1. The number of ketones is 1. The molecule has 0 aliphatic rings. The molecule has 0 aromatic heterocycles. The van der Waals surface area contributed by atoms with Crippen molar-refractivity contribution in [3.05, 3.63) is 59.7 Å². The van der Waals surface area contributed by atoms with Gasteiger partial charge in [0.1, 0.15) is 12.4 Å². The average molecular weight is 298 g/mol. The predicted molar refractivity (Wildman–Crippen MR) is 87.3 cm³/mol. The van der Waals surface area contributed by atoms with Gasteiger partial charge in [0, 0.05) is 12.3 Å². The number of Topliss-reactive ketones (excluding diaryl/α,β-unsaturated/α-hetero) is 1. The third-order valence-electron chi connectivity index (χ3n) is 3.49. The summed E-state index contributed by atoms with van der Waals surface area (Å²) in [4.78, 5) is 11.9. The molecular formula is C19H22O3. The van der Waals surface area contributed by atoms with E-state index in [1.165, 1.54) is 0 Å². The van der Waals surface area contributed by atoms with Crippen molar-refractivity contribution < 1.29 is 14.3 Å². The second-order valence-corrected chi connectivity index (χ2v) is 5.56. The number of hydrogen-bond acceptors (Lipinski definition) is 3. The number of benzene rings is 2. The lowest BCUT2D eigenvalue weighted by Crippen LogP contribution is -2.10. The van der Waals surface area contributed by atoms with Crippen LogP contribution in [0.5, 0.6) is 11.5 Å². The highest BCUT2D eigenvalue weighted by atomic mass is 16.5. The molecule has 0 atom stereocenters. The molecule has 3 nitrogen and oxygen atoms in total. The van der Waals surface area contributed by atoms with Gasteiger partial charge < -0.3 is 9.47 Å². The van der Waals surface area contributed by atoms with Gasteiger partial charge in [0.05, 0.1) is 7.11 Å². The average Bonchev–Trinajstić information content (AvgIpc) is 2.54. The zero-order chi connectivity index (χ0) is 15.9. The van der Waals surface area contributed by atoms with Crippen molar-refractivity contribution in [3.63, 3.8) is 0 Å². The zero-order valence-electron chi connectivity index (χ0n) is 13.3. The Morgan fingerprint density at radius 3 is 2.36 bits per heavy atom. The molecule has 2 aromatic carbocycles. The van der Waals surface area contributed by atoms with Crippen molar-refractivity contribution in [3.8, 4) is 11.5 Å². The molecule has 0 saturated heterocycles. The van der Waals surface area contributed by atoms with Gasteiger partial charge in [-0.2, -0.15) is 0 Å². The highest BCUT2D eigenvalue weighted by Crippen LogP contribution is 2.29.